The minimum absolute atomic E-state index is 0.0801. The van der Waals surface area contributed by atoms with Gasteiger partial charge in [-0.1, -0.05) is 6.07 Å². The Kier molecular flexibility index (Phi) is 5.54. The van der Waals surface area contributed by atoms with E-state index in [2.05, 4.69) is 5.32 Å². The zero-order valence-corrected chi connectivity index (χ0v) is 13.8. The minimum Gasteiger partial charge on any atom is -0.481 e. The van der Waals surface area contributed by atoms with Gasteiger partial charge in [0.1, 0.15) is 11.3 Å². The quantitative estimate of drug-likeness (QED) is 0.820. The molecule has 0 heterocycles. The third-order valence-corrected chi connectivity index (χ3v) is 3.08. The Morgan fingerprint density at radius 3 is 2.45 bits per heavy atom. The Morgan fingerprint density at radius 2 is 1.91 bits per heavy atom. The van der Waals surface area contributed by atoms with Gasteiger partial charge in [0.25, 0.3) is 0 Å². The Morgan fingerprint density at radius 1 is 1.27 bits per heavy atom. The van der Waals surface area contributed by atoms with Crippen LogP contribution in [0.15, 0.2) is 24.3 Å². The predicted octanol–water partition coefficient (Wildman–Crippen LogP) is 3.08. The number of anilines is 1. The van der Waals surface area contributed by atoms with Crippen LogP contribution >= 0.6 is 0 Å². The molecule has 0 fully saturated rings. The van der Waals surface area contributed by atoms with E-state index in [0.717, 1.165) is 5.69 Å². The Labute approximate surface area is 131 Å². The van der Waals surface area contributed by atoms with Gasteiger partial charge in [-0.3, -0.25) is 14.6 Å². The monoisotopic (exact) mass is 309 g/mol. The fourth-order valence-corrected chi connectivity index (χ4v) is 1.89. The number of aliphatic carboxylic acids is 1. The topological polar surface area (TPSA) is 75.6 Å². The van der Waals surface area contributed by atoms with Crippen molar-refractivity contribution in [1.29, 1.82) is 0 Å². The molecule has 22 heavy (non-hydrogen) atoms. The first-order valence-corrected chi connectivity index (χ1v) is 7.15. The van der Waals surface area contributed by atoms with Crippen LogP contribution in [0.2, 0.25) is 0 Å². The highest BCUT2D eigenvalue weighted by Gasteiger charge is 2.21. The predicted molar refractivity (Wildman–Crippen MR) is 87.1 cm³/mol. The number of amides is 1. The zero-order chi connectivity index (χ0) is 17.0. The van der Waals surface area contributed by atoms with Crippen LogP contribution in [0.5, 0.6) is 0 Å². The fraction of sp³-hybridized carbons (Fsp3) is 0.500. The lowest BCUT2D eigenvalue weighted by Crippen LogP contribution is -2.42. The highest BCUT2D eigenvalue weighted by atomic mass is 16.6. The van der Waals surface area contributed by atoms with Crippen molar-refractivity contribution in [2.24, 2.45) is 0 Å². The van der Waals surface area contributed by atoms with Gasteiger partial charge in [0, 0.05) is 11.8 Å². The maximum Gasteiger partial charge on any atom is 0.412 e. The number of carboxylic acids is 1. The molecule has 1 aromatic rings. The SMILES string of the molecule is CC(C)(C)OC(=O)Nc1cccc([N+](C)(C)CCC(=O)O)c1. The van der Waals surface area contributed by atoms with Gasteiger partial charge in [-0.05, 0) is 32.9 Å². The van der Waals surface area contributed by atoms with E-state index >= 15 is 0 Å². The first-order chi connectivity index (χ1) is 9.99. The normalized spacial score (nSPS) is 11.9. The second-order valence-electron chi connectivity index (χ2n) is 6.73. The van der Waals surface area contributed by atoms with Crippen molar-refractivity contribution in [3.63, 3.8) is 0 Å². The first kappa shape index (κ1) is 18.0. The van der Waals surface area contributed by atoms with Crippen LogP contribution in [0, 0.1) is 0 Å². The second-order valence-corrected chi connectivity index (χ2v) is 6.73. The number of hydrogen-bond acceptors (Lipinski definition) is 3. The van der Waals surface area contributed by atoms with Gasteiger partial charge in [0.05, 0.1) is 27.1 Å². The summed E-state index contributed by atoms with van der Waals surface area (Å²) >= 11 is 0. The molecule has 0 aromatic heterocycles. The smallest absolute Gasteiger partial charge is 0.412 e. The van der Waals surface area contributed by atoms with Gasteiger partial charge in [0.2, 0.25) is 0 Å². The lowest BCUT2D eigenvalue weighted by atomic mass is 10.2. The average molecular weight is 309 g/mol. The molecule has 0 bridgehead atoms. The summed E-state index contributed by atoms with van der Waals surface area (Å²) in [6.07, 6.45) is -0.433. The highest BCUT2D eigenvalue weighted by molar-refractivity contribution is 5.85. The van der Waals surface area contributed by atoms with Crippen molar-refractivity contribution >= 4 is 23.4 Å². The molecular formula is C16H25N2O4+. The fourth-order valence-electron chi connectivity index (χ4n) is 1.89. The van der Waals surface area contributed by atoms with E-state index in [1.807, 2.05) is 32.3 Å². The van der Waals surface area contributed by atoms with Crippen molar-refractivity contribution in [3.8, 4) is 0 Å². The number of ether oxygens (including phenoxy) is 1. The molecule has 0 aliphatic carbocycles. The van der Waals surface area contributed by atoms with E-state index in [0.29, 0.717) is 16.7 Å². The van der Waals surface area contributed by atoms with Crippen LogP contribution < -0.4 is 9.80 Å². The lowest BCUT2D eigenvalue weighted by Gasteiger charge is -2.29. The van der Waals surface area contributed by atoms with Crippen LogP contribution in [0.25, 0.3) is 0 Å². The number of nitrogens with one attached hydrogen (secondary N) is 1. The first-order valence-electron chi connectivity index (χ1n) is 7.15. The molecule has 1 amide bonds. The summed E-state index contributed by atoms with van der Waals surface area (Å²) in [5.74, 6) is -0.825. The van der Waals surface area contributed by atoms with E-state index in [9.17, 15) is 9.59 Å². The molecule has 0 saturated heterocycles. The molecule has 0 aliphatic rings. The van der Waals surface area contributed by atoms with Crippen LogP contribution in [0.3, 0.4) is 0 Å². The highest BCUT2D eigenvalue weighted by Crippen LogP contribution is 2.23. The summed E-state index contributed by atoms with van der Waals surface area (Å²) in [6, 6.07) is 7.32. The Bertz CT molecular complexity index is 547. The molecule has 0 saturated carbocycles. The third kappa shape index (κ3) is 6.13. The van der Waals surface area contributed by atoms with Gasteiger partial charge < -0.3 is 9.84 Å². The number of benzene rings is 1. The van der Waals surface area contributed by atoms with Crippen molar-refractivity contribution in [2.75, 3.05) is 26.0 Å². The number of carboxylic acid groups (broad SMARTS) is 1. The van der Waals surface area contributed by atoms with Crippen LogP contribution in [-0.2, 0) is 9.53 Å². The van der Waals surface area contributed by atoms with Gasteiger partial charge in [-0.25, -0.2) is 4.79 Å². The molecule has 1 rings (SSSR count). The average Bonchev–Trinajstić information content (AvgIpc) is 2.34. The number of hydrogen-bond donors (Lipinski definition) is 2. The van der Waals surface area contributed by atoms with Crippen LogP contribution in [0.4, 0.5) is 16.2 Å². The van der Waals surface area contributed by atoms with Gasteiger partial charge in [-0.2, -0.15) is 0 Å². The van der Waals surface area contributed by atoms with Crippen LogP contribution in [0.1, 0.15) is 27.2 Å². The molecule has 0 unspecified atom stereocenters. The van der Waals surface area contributed by atoms with Gasteiger partial charge in [0.15, 0.2) is 0 Å². The Hall–Kier alpha value is -2.08. The van der Waals surface area contributed by atoms with E-state index in [1.54, 1.807) is 26.8 Å². The van der Waals surface area contributed by atoms with Gasteiger partial charge in [-0.15, -0.1) is 0 Å². The number of rotatable bonds is 5. The maximum absolute atomic E-state index is 11.8. The third-order valence-electron chi connectivity index (χ3n) is 3.08. The summed E-state index contributed by atoms with van der Waals surface area (Å²) in [6.45, 7) is 5.87. The second kappa shape index (κ2) is 6.79. The molecule has 0 spiro atoms. The van der Waals surface area contributed by atoms with E-state index in [4.69, 9.17) is 9.84 Å². The zero-order valence-electron chi connectivity index (χ0n) is 13.8. The number of nitrogens with zero attached hydrogens (tertiary/aromatic N) is 1. The maximum atomic E-state index is 11.8. The lowest BCUT2D eigenvalue weighted by molar-refractivity contribution is -0.137. The van der Waals surface area contributed by atoms with Gasteiger partial charge >= 0.3 is 12.1 Å². The molecule has 6 nitrogen and oxygen atoms in total. The summed E-state index contributed by atoms with van der Waals surface area (Å²) in [5.41, 5.74) is 0.974. The van der Waals surface area contributed by atoms with Crippen molar-refractivity contribution in [3.05, 3.63) is 24.3 Å². The summed E-state index contributed by atoms with van der Waals surface area (Å²) in [4.78, 5) is 22.5. The molecule has 1 aromatic carbocycles. The molecule has 6 heteroatoms. The molecule has 2 N–H and O–H groups in total. The largest absolute Gasteiger partial charge is 0.481 e. The van der Waals surface area contributed by atoms with E-state index in [1.165, 1.54) is 0 Å². The molecule has 122 valence electrons. The van der Waals surface area contributed by atoms with Crippen LogP contribution in [-0.4, -0.2) is 43.4 Å². The van der Waals surface area contributed by atoms with Crippen molar-refractivity contribution in [1.82, 2.24) is 4.48 Å². The van der Waals surface area contributed by atoms with E-state index in [-0.39, 0.29) is 6.42 Å². The molecule has 0 atom stereocenters. The molecular weight excluding hydrogens is 284 g/mol. The van der Waals surface area contributed by atoms with Crippen molar-refractivity contribution in [2.45, 2.75) is 32.8 Å². The summed E-state index contributed by atoms with van der Waals surface area (Å²) in [7, 11) is 3.85. The summed E-state index contributed by atoms with van der Waals surface area (Å²) < 4.78 is 5.63. The Balaban J connectivity index is 2.81. The number of quaternary nitrogens is 1. The summed E-state index contributed by atoms with van der Waals surface area (Å²) in [5, 5.41) is 11.5. The van der Waals surface area contributed by atoms with Crippen molar-refractivity contribution < 1.29 is 19.4 Å². The number of carbonyl (C=O) groups is 2. The minimum atomic E-state index is -0.825. The standard InChI is InChI=1S/C16H24N2O4/c1-16(2,3)22-15(21)17-12-7-6-8-13(11-12)18(4,5)10-9-14(19)20/h6-8,11H,9-10H2,1-5H3,(H-,17,19,20,21)/p+1. The number of carbonyl (C=O) groups excluding carboxylic acids is 1. The molecule has 0 aliphatic heterocycles. The molecule has 0 radical (unpaired) electrons. The van der Waals surface area contributed by atoms with E-state index < -0.39 is 17.7 Å².